The van der Waals surface area contributed by atoms with E-state index in [4.69, 9.17) is 10.5 Å². The molecule has 5 heteroatoms. The summed E-state index contributed by atoms with van der Waals surface area (Å²) in [6.07, 6.45) is 2.02. The molecule has 0 spiro atoms. The van der Waals surface area contributed by atoms with E-state index in [-0.39, 0.29) is 0 Å². The lowest BCUT2D eigenvalue weighted by molar-refractivity contribution is 0.0527. The number of carbonyl (C=O) groups is 1. The Hall–Kier alpha value is -2.14. The summed E-state index contributed by atoms with van der Waals surface area (Å²) in [4.78, 5) is 13.0. The summed E-state index contributed by atoms with van der Waals surface area (Å²) in [6, 6.07) is 13.2. The Morgan fingerprint density at radius 1 is 1.29 bits per heavy atom. The molecule has 2 aromatic rings. The van der Waals surface area contributed by atoms with Gasteiger partial charge in [-0.1, -0.05) is 12.1 Å². The molecule has 0 aliphatic carbocycles. The van der Waals surface area contributed by atoms with Gasteiger partial charge in [0.25, 0.3) is 0 Å². The maximum Gasteiger partial charge on any atom is 0.340 e. The van der Waals surface area contributed by atoms with Crippen LogP contribution in [0.25, 0.3) is 0 Å². The zero-order chi connectivity index (χ0) is 15.2. The van der Waals surface area contributed by atoms with E-state index in [2.05, 4.69) is 5.32 Å². The van der Waals surface area contributed by atoms with E-state index in [1.54, 1.807) is 30.8 Å². The van der Waals surface area contributed by atoms with Gasteiger partial charge >= 0.3 is 5.97 Å². The van der Waals surface area contributed by atoms with Crippen molar-refractivity contribution < 1.29 is 9.53 Å². The lowest BCUT2D eigenvalue weighted by atomic mass is 10.1. The van der Waals surface area contributed by atoms with E-state index in [9.17, 15) is 4.79 Å². The first kappa shape index (κ1) is 15.3. The monoisotopic (exact) mass is 302 g/mol. The third kappa shape index (κ3) is 3.70. The van der Waals surface area contributed by atoms with E-state index in [0.29, 0.717) is 17.9 Å². The number of hydrogen-bond donors (Lipinski definition) is 2. The first-order valence-electron chi connectivity index (χ1n) is 6.62. The van der Waals surface area contributed by atoms with Crippen LogP contribution in [0.2, 0.25) is 0 Å². The van der Waals surface area contributed by atoms with Crippen molar-refractivity contribution in [1.29, 1.82) is 0 Å². The molecule has 3 N–H and O–H groups in total. The maximum absolute atomic E-state index is 11.9. The molecule has 0 amide bonds. The second-order valence-electron chi connectivity index (χ2n) is 4.35. The molecule has 0 aliphatic rings. The summed E-state index contributed by atoms with van der Waals surface area (Å²) in [5.41, 5.74) is 8.42. The predicted octanol–water partition coefficient (Wildman–Crippen LogP) is 3.91. The largest absolute Gasteiger partial charge is 0.462 e. The van der Waals surface area contributed by atoms with Crippen molar-refractivity contribution in [1.82, 2.24) is 0 Å². The fraction of sp³-hybridized carbons (Fsp3) is 0.188. The Balaban J connectivity index is 2.29. The highest BCUT2D eigenvalue weighted by Gasteiger charge is 2.12. The number of anilines is 3. The van der Waals surface area contributed by atoms with Crippen LogP contribution in [0.1, 0.15) is 17.3 Å². The van der Waals surface area contributed by atoms with Crippen molar-refractivity contribution in [3.8, 4) is 0 Å². The lowest BCUT2D eigenvalue weighted by Crippen LogP contribution is -2.08. The van der Waals surface area contributed by atoms with Crippen LogP contribution < -0.4 is 11.1 Å². The van der Waals surface area contributed by atoms with Crippen molar-refractivity contribution in [2.75, 3.05) is 23.9 Å². The number of esters is 1. The summed E-state index contributed by atoms with van der Waals surface area (Å²) < 4.78 is 5.01. The van der Waals surface area contributed by atoms with Crippen molar-refractivity contribution in [3.05, 3.63) is 48.0 Å². The van der Waals surface area contributed by atoms with Crippen LogP contribution in [0.3, 0.4) is 0 Å². The summed E-state index contributed by atoms with van der Waals surface area (Å²) >= 11 is 1.66. The van der Waals surface area contributed by atoms with Crippen LogP contribution in [0.4, 0.5) is 17.1 Å². The minimum atomic E-state index is -0.406. The molecule has 0 atom stereocenters. The number of hydrogen-bond acceptors (Lipinski definition) is 5. The molecule has 0 aliphatic heterocycles. The number of benzene rings is 2. The summed E-state index contributed by atoms with van der Waals surface area (Å²) in [5.74, 6) is -0.406. The second-order valence-corrected chi connectivity index (χ2v) is 5.20. The average Bonchev–Trinajstić information content (AvgIpc) is 2.50. The first-order chi connectivity index (χ1) is 10.2. The Morgan fingerprint density at radius 2 is 2.05 bits per heavy atom. The standard InChI is InChI=1S/C16H18N2O2S/c1-3-20-16(19)12-10-11(8-9-13(12)17)18-14-6-4-5-7-15(14)21-2/h4-10,18H,3,17H2,1-2H3. The number of carbonyl (C=O) groups excluding carboxylic acids is 1. The van der Waals surface area contributed by atoms with Crippen LogP contribution in [0.5, 0.6) is 0 Å². The van der Waals surface area contributed by atoms with E-state index in [0.717, 1.165) is 16.3 Å². The molecule has 4 nitrogen and oxygen atoms in total. The Kier molecular flexibility index (Phi) is 5.11. The van der Waals surface area contributed by atoms with Gasteiger partial charge in [0.15, 0.2) is 0 Å². The fourth-order valence-corrected chi connectivity index (χ4v) is 2.48. The van der Waals surface area contributed by atoms with Gasteiger partial charge < -0.3 is 15.8 Å². The quantitative estimate of drug-likeness (QED) is 0.498. The molecule has 21 heavy (non-hydrogen) atoms. The normalized spacial score (nSPS) is 10.2. The highest BCUT2D eigenvalue weighted by molar-refractivity contribution is 7.98. The molecule has 0 bridgehead atoms. The third-order valence-electron chi connectivity index (χ3n) is 2.93. The second kappa shape index (κ2) is 7.04. The topological polar surface area (TPSA) is 64.3 Å². The zero-order valence-electron chi connectivity index (χ0n) is 12.1. The molecule has 0 fully saturated rings. The van der Waals surface area contributed by atoms with Gasteiger partial charge in [-0.25, -0.2) is 4.79 Å². The highest BCUT2D eigenvalue weighted by atomic mass is 32.2. The molecule has 0 radical (unpaired) electrons. The minimum Gasteiger partial charge on any atom is -0.462 e. The molecule has 2 aromatic carbocycles. The summed E-state index contributed by atoms with van der Waals surface area (Å²) in [5, 5.41) is 3.30. The van der Waals surface area contributed by atoms with Crippen LogP contribution in [-0.4, -0.2) is 18.8 Å². The molecule has 0 saturated carbocycles. The first-order valence-corrected chi connectivity index (χ1v) is 7.85. The number of nitrogens with two attached hydrogens (primary N) is 1. The van der Waals surface area contributed by atoms with E-state index >= 15 is 0 Å². The number of ether oxygens (including phenoxy) is 1. The van der Waals surface area contributed by atoms with Crippen LogP contribution in [0.15, 0.2) is 47.4 Å². The highest BCUT2D eigenvalue weighted by Crippen LogP contribution is 2.29. The number of nitrogens with one attached hydrogen (secondary N) is 1. The molecule has 0 heterocycles. The molecular formula is C16H18N2O2S. The van der Waals surface area contributed by atoms with Gasteiger partial charge in [-0.15, -0.1) is 11.8 Å². The van der Waals surface area contributed by atoms with Gasteiger partial charge in [0.05, 0.1) is 17.9 Å². The fourth-order valence-electron chi connectivity index (χ4n) is 1.92. The van der Waals surface area contributed by atoms with Crippen molar-refractivity contribution in [2.24, 2.45) is 0 Å². The van der Waals surface area contributed by atoms with Crippen LogP contribution in [-0.2, 0) is 4.74 Å². The van der Waals surface area contributed by atoms with Crippen molar-refractivity contribution >= 4 is 34.8 Å². The Labute approximate surface area is 128 Å². The SMILES string of the molecule is CCOC(=O)c1cc(Nc2ccccc2SC)ccc1N. The van der Waals surface area contributed by atoms with E-state index in [1.165, 1.54) is 0 Å². The van der Waals surface area contributed by atoms with Gasteiger partial charge in [0.1, 0.15) is 0 Å². The maximum atomic E-state index is 11.9. The summed E-state index contributed by atoms with van der Waals surface area (Å²) in [7, 11) is 0. The smallest absolute Gasteiger partial charge is 0.340 e. The molecule has 0 unspecified atom stereocenters. The summed E-state index contributed by atoms with van der Waals surface area (Å²) in [6.45, 7) is 2.09. The van der Waals surface area contributed by atoms with E-state index < -0.39 is 5.97 Å². The van der Waals surface area contributed by atoms with Gasteiger partial charge in [-0.2, -0.15) is 0 Å². The number of rotatable bonds is 5. The molecule has 110 valence electrons. The zero-order valence-corrected chi connectivity index (χ0v) is 12.9. The Morgan fingerprint density at radius 3 is 2.76 bits per heavy atom. The molecule has 2 rings (SSSR count). The van der Waals surface area contributed by atoms with Crippen molar-refractivity contribution in [2.45, 2.75) is 11.8 Å². The van der Waals surface area contributed by atoms with Gasteiger partial charge in [0, 0.05) is 16.3 Å². The number of nitrogen functional groups attached to an aromatic ring is 1. The average molecular weight is 302 g/mol. The molecular weight excluding hydrogens is 284 g/mol. The predicted molar refractivity (Wildman–Crippen MR) is 88.3 cm³/mol. The molecule has 0 aromatic heterocycles. The number of para-hydroxylation sites is 1. The minimum absolute atomic E-state index is 0.325. The van der Waals surface area contributed by atoms with Gasteiger partial charge in [0.2, 0.25) is 0 Å². The molecule has 0 saturated heterocycles. The Bertz CT molecular complexity index is 644. The number of thioether (sulfide) groups is 1. The lowest BCUT2D eigenvalue weighted by Gasteiger charge is -2.12. The van der Waals surface area contributed by atoms with Gasteiger partial charge in [-0.3, -0.25) is 0 Å². The van der Waals surface area contributed by atoms with Gasteiger partial charge in [-0.05, 0) is 43.5 Å². The van der Waals surface area contributed by atoms with E-state index in [1.807, 2.05) is 36.6 Å². The third-order valence-corrected chi connectivity index (χ3v) is 3.73. The van der Waals surface area contributed by atoms with Crippen LogP contribution >= 0.6 is 11.8 Å². The van der Waals surface area contributed by atoms with Crippen molar-refractivity contribution in [3.63, 3.8) is 0 Å². The van der Waals surface area contributed by atoms with Crippen LogP contribution in [0, 0.1) is 0 Å².